The summed E-state index contributed by atoms with van der Waals surface area (Å²) in [6.07, 6.45) is 1.65. The van der Waals surface area contributed by atoms with Gasteiger partial charge in [-0.1, -0.05) is 0 Å². The number of aromatic nitrogens is 1. The van der Waals surface area contributed by atoms with Crippen molar-refractivity contribution < 1.29 is 5.11 Å². The molecule has 4 heteroatoms. The Hall–Kier alpha value is -0.450. The summed E-state index contributed by atoms with van der Waals surface area (Å²) in [6.45, 7) is 5.31. The quantitative estimate of drug-likeness (QED) is 0.726. The van der Waals surface area contributed by atoms with E-state index in [0.29, 0.717) is 0 Å². The van der Waals surface area contributed by atoms with Gasteiger partial charge in [0.25, 0.3) is 0 Å². The van der Waals surface area contributed by atoms with Crippen molar-refractivity contribution in [2.24, 2.45) is 5.73 Å². The lowest BCUT2D eigenvalue weighted by Crippen LogP contribution is -2.51. The van der Waals surface area contributed by atoms with E-state index in [1.165, 1.54) is 11.3 Å². The molecule has 1 unspecified atom stereocenters. The fourth-order valence-corrected chi connectivity index (χ4v) is 1.62. The molecule has 0 aliphatic carbocycles. The van der Waals surface area contributed by atoms with Crippen LogP contribution >= 0.6 is 11.3 Å². The normalized spacial score (nSPS) is 17.4. The molecule has 0 aliphatic rings. The molecule has 0 amide bonds. The molecule has 0 radical (unpaired) electrons. The average molecular weight is 186 g/mol. The molecule has 0 spiro atoms. The molecule has 0 saturated carbocycles. The van der Waals surface area contributed by atoms with Crippen LogP contribution < -0.4 is 5.73 Å². The Kier molecular flexibility index (Phi) is 2.25. The van der Waals surface area contributed by atoms with Crippen LogP contribution in [-0.2, 0) is 5.60 Å². The molecule has 0 bridgehead atoms. The molecular weight excluding hydrogens is 172 g/mol. The highest BCUT2D eigenvalue weighted by Gasteiger charge is 2.38. The molecule has 0 saturated heterocycles. The lowest BCUT2D eigenvalue weighted by Gasteiger charge is -2.35. The largest absolute Gasteiger partial charge is 0.383 e. The first kappa shape index (κ1) is 9.64. The topological polar surface area (TPSA) is 59.1 Å². The van der Waals surface area contributed by atoms with E-state index in [1.807, 2.05) is 0 Å². The SMILES string of the molecule is CC(C)(N)C(C)(O)c1cncs1. The zero-order valence-corrected chi connectivity index (χ0v) is 8.35. The second-order valence-electron chi connectivity index (χ2n) is 3.66. The highest BCUT2D eigenvalue weighted by Crippen LogP contribution is 2.32. The van der Waals surface area contributed by atoms with Gasteiger partial charge in [-0.05, 0) is 20.8 Å². The summed E-state index contributed by atoms with van der Waals surface area (Å²) in [5, 5.41) is 10.1. The zero-order valence-electron chi connectivity index (χ0n) is 7.53. The van der Waals surface area contributed by atoms with Crippen molar-refractivity contribution in [3.63, 3.8) is 0 Å². The van der Waals surface area contributed by atoms with Crippen molar-refractivity contribution in [3.8, 4) is 0 Å². The molecule has 68 valence electrons. The molecule has 1 rings (SSSR count). The number of thiazole rings is 1. The van der Waals surface area contributed by atoms with E-state index in [4.69, 9.17) is 5.73 Å². The Bertz CT molecular complexity index is 249. The summed E-state index contributed by atoms with van der Waals surface area (Å²) in [5.41, 5.74) is 5.86. The first-order valence-electron chi connectivity index (χ1n) is 3.76. The van der Waals surface area contributed by atoms with Crippen molar-refractivity contribution >= 4 is 11.3 Å². The summed E-state index contributed by atoms with van der Waals surface area (Å²) in [4.78, 5) is 4.71. The van der Waals surface area contributed by atoms with E-state index < -0.39 is 11.1 Å². The van der Waals surface area contributed by atoms with E-state index in [1.54, 1.807) is 32.5 Å². The van der Waals surface area contributed by atoms with Gasteiger partial charge >= 0.3 is 0 Å². The van der Waals surface area contributed by atoms with Gasteiger partial charge < -0.3 is 10.8 Å². The summed E-state index contributed by atoms with van der Waals surface area (Å²) >= 11 is 1.42. The summed E-state index contributed by atoms with van der Waals surface area (Å²) in [6, 6.07) is 0. The van der Waals surface area contributed by atoms with Crippen molar-refractivity contribution in [1.29, 1.82) is 0 Å². The minimum Gasteiger partial charge on any atom is -0.383 e. The van der Waals surface area contributed by atoms with Crippen LogP contribution in [0.1, 0.15) is 25.6 Å². The molecule has 3 N–H and O–H groups in total. The number of nitrogens with zero attached hydrogens (tertiary/aromatic N) is 1. The maximum absolute atomic E-state index is 10.1. The first-order valence-corrected chi connectivity index (χ1v) is 4.64. The van der Waals surface area contributed by atoms with E-state index >= 15 is 0 Å². The van der Waals surface area contributed by atoms with Crippen LogP contribution in [0, 0.1) is 0 Å². The van der Waals surface area contributed by atoms with Gasteiger partial charge in [0.1, 0.15) is 5.60 Å². The average Bonchev–Trinajstić information content (AvgIpc) is 2.34. The van der Waals surface area contributed by atoms with Gasteiger partial charge in [-0.2, -0.15) is 0 Å². The molecule has 0 aromatic carbocycles. The molecule has 1 atom stereocenters. The van der Waals surface area contributed by atoms with E-state index in [-0.39, 0.29) is 0 Å². The van der Waals surface area contributed by atoms with Crippen molar-refractivity contribution in [1.82, 2.24) is 4.98 Å². The highest BCUT2D eigenvalue weighted by atomic mass is 32.1. The monoisotopic (exact) mass is 186 g/mol. The number of nitrogens with two attached hydrogens (primary N) is 1. The van der Waals surface area contributed by atoms with Gasteiger partial charge in [0.2, 0.25) is 0 Å². The maximum Gasteiger partial charge on any atom is 0.115 e. The Morgan fingerprint density at radius 3 is 2.42 bits per heavy atom. The fourth-order valence-electron chi connectivity index (χ4n) is 0.774. The molecule has 3 nitrogen and oxygen atoms in total. The number of aliphatic hydroxyl groups is 1. The summed E-state index contributed by atoms with van der Waals surface area (Å²) < 4.78 is 0. The van der Waals surface area contributed by atoms with E-state index in [9.17, 15) is 5.11 Å². The molecule has 0 aliphatic heterocycles. The van der Waals surface area contributed by atoms with Crippen LogP contribution in [-0.4, -0.2) is 15.6 Å². The number of rotatable bonds is 2. The van der Waals surface area contributed by atoms with Gasteiger partial charge in [0, 0.05) is 11.7 Å². The first-order chi connectivity index (χ1) is 5.36. The van der Waals surface area contributed by atoms with Gasteiger partial charge in [-0.15, -0.1) is 11.3 Å². The molecular formula is C8H14N2OS. The smallest absolute Gasteiger partial charge is 0.115 e. The third kappa shape index (κ3) is 1.50. The Morgan fingerprint density at radius 1 is 1.50 bits per heavy atom. The highest BCUT2D eigenvalue weighted by molar-refractivity contribution is 7.09. The maximum atomic E-state index is 10.1. The van der Waals surface area contributed by atoms with Crippen LogP contribution in [0.25, 0.3) is 0 Å². The van der Waals surface area contributed by atoms with Crippen molar-refractivity contribution in [2.45, 2.75) is 31.9 Å². The lowest BCUT2D eigenvalue weighted by molar-refractivity contribution is -0.00547. The summed E-state index contributed by atoms with van der Waals surface area (Å²) in [7, 11) is 0. The van der Waals surface area contributed by atoms with Gasteiger partial charge in [-0.25, -0.2) is 0 Å². The predicted octanol–water partition coefficient (Wildman–Crippen LogP) is 1.09. The van der Waals surface area contributed by atoms with E-state index in [2.05, 4.69) is 4.98 Å². The molecule has 1 heterocycles. The van der Waals surface area contributed by atoms with Gasteiger partial charge in [-0.3, -0.25) is 4.98 Å². The van der Waals surface area contributed by atoms with Gasteiger partial charge in [0.15, 0.2) is 0 Å². The second kappa shape index (κ2) is 2.80. The van der Waals surface area contributed by atoms with Gasteiger partial charge in [0.05, 0.1) is 10.4 Å². The predicted molar refractivity (Wildman–Crippen MR) is 50.0 cm³/mol. The molecule has 1 aromatic rings. The molecule has 1 aromatic heterocycles. The Balaban J connectivity index is 3.02. The van der Waals surface area contributed by atoms with Crippen LogP contribution in [0.4, 0.5) is 0 Å². The summed E-state index contributed by atoms with van der Waals surface area (Å²) in [5.74, 6) is 0. The third-order valence-corrected chi connectivity index (χ3v) is 3.15. The molecule has 0 fully saturated rings. The fraction of sp³-hybridized carbons (Fsp3) is 0.625. The van der Waals surface area contributed by atoms with Crippen molar-refractivity contribution in [3.05, 3.63) is 16.6 Å². The zero-order chi connectivity index (χ0) is 9.41. The molecule has 12 heavy (non-hydrogen) atoms. The minimum atomic E-state index is -1.01. The number of hydrogen-bond donors (Lipinski definition) is 2. The van der Waals surface area contributed by atoms with E-state index in [0.717, 1.165) is 4.88 Å². The number of hydrogen-bond acceptors (Lipinski definition) is 4. The Labute approximate surface area is 76.3 Å². The van der Waals surface area contributed by atoms with Crippen LogP contribution in [0.3, 0.4) is 0 Å². The lowest BCUT2D eigenvalue weighted by atomic mass is 9.84. The standard InChI is InChI=1S/C8H14N2OS/c1-7(2,9)8(3,11)6-4-10-5-12-6/h4-5,11H,9H2,1-3H3. The minimum absolute atomic E-state index is 0.653. The van der Waals surface area contributed by atoms with Crippen molar-refractivity contribution in [2.75, 3.05) is 0 Å². The third-order valence-electron chi connectivity index (χ3n) is 2.17. The second-order valence-corrected chi connectivity index (χ2v) is 4.55. The van der Waals surface area contributed by atoms with Crippen LogP contribution in [0.15, 0.2) is 11.7 Å². The van der Waals surface area contributed by atoms with Crippen LogP contribution in [0.2, 0.25) is 0 Å². The van der Waals surface area contributed by atoms with Crippen LogP contribution in [0.5, 0.6) is 0 Å². The Morgan fingerprint density at radius 2 is 2.08 bits per heavy atom.